The van der Waals surface area contributed by atoms with E-state index in [9.17, 15) is 15.3 Å². The van der Waals surface area contributed by atoms with E-state index in [1.807, 2.05) is 25.1 Å². The predicted molar refractivity (Wildman–Crippen MR) is 120 cm³/mol. The largest absolute Gasteiger partial charge is 0.493 e. The zero-order valence-electron chi connectivity index (χ0n) is 17.5. The first-order chi connectivity index (χ1) is 15.6. The molecule has 8 nitrogen and oxygen atoms in total. The Kier molecular flexibility index (Phi) is 7.52. The number of nitrogens with zero attached hydrogens (tertiary/aromatic N) is 4. The lowest BCUT2D eigenvalue weighted by molar-refractivity contribution is -0.112. The summed E-state index contributed by atoms with van der Waals surface area (Å²) in [5, 5.41) is 30.2. The van der Waals surface area contributed by atoms with Gasteiger partial charge in [-0.25, -0.2) is 0 Å². The number of ether oxygens (including phenoxy) is 2. The Hall–Kier alpha value is -4.21. The molecular formula is C23H19N5O3S. The molecule has 1 heterocycles. The van der Waals surface area contributed by atoms with Gasteiger partial charge in [-0.15, -0.1) is 10.2 Å². The van der Waals surface area contributed by atoms with E-state index in [1.165, 1.54) is 24.5 Å². The zero-order valence-corrected chi connectivity index (χ0v) is 18.3. The van der Waals surface area contributed by atoms with E-state index in [1.54, 1.807) is 30.3 Å². The number of anilines is 1. The number of carbonyl (C=O) groups is 1. The zero-order chi connectivity index (χ0) is 22.9. The van der Waals surface area contributed by atoms with Crippen LogP contribution >= 0.6 is 11.3 Å². The Morgan fingerprint density at radius 2 is 2.00 bits per heavy atom. The number of hydrogen-bond donors (Lipinski definition) is 1. The van der Waals surface area contributed by atoms with Crippen LogP contribution in [0.2, 0.25) is 0 Å². The van der Waals surface area contributed by atoms with E-state index in [0.717, 1.165) is 10.6 Å². The topological polar surface area (TPSA) is 121 Å². The molecule has 1 amide bonds. The van der Waals surface area contributed by atoms with Crippen molar-refractivity contribution in [1.82, 2.24) is 10.2 Å². The molecule has 2 aromatic carbocycles. The van der Waals surface area contributed by atoms with Gasteiger partial charge in [-0.2, -0.15) is 10.5 Å². The minimum atomic E-state index is -0.571. The quantitative estimate of drug-likeness (QED) is 0.409. The van der Waals surface area contributed by atoms with Gasteiger partial charge in [0.05, 0.1) is 18.7 Å². The van der Waals surface area contributed by atoms with Crippen LogP contribution in [0.4, 0.5) is 5.13 Å². The number of benzene rings is 2. The van der Waals surface area contributed by atoms with E-state index < -0.39 is 5.91 Å². The minimum Gasteiger partial charge on any atom is -0.493 e. The monoisotopic (exact) mass is 445 g/mol. The molecule has 1 aromatic heterocycles. The minimum absolute atomic E-state index is 0.0862. The lowest BCUT2D eigenvalue weighted by Gasteiger charge is -2.12. The van der Waals surface area contributed by atoms with Gasteiger partial charge in [0, 0.05) is 5.56 Å². The Bertz CT molecular complexity index is 1240. The molecule has 1 N–H and O–H groups in total. The second-order valence-corrected chi connectivity index (χ2v) is 7.51. The molecule has 0 atom stereocenters. The van der Waals surface area contributed by atoms with Crippen LogP contribution in [0.25, 0.3) is 6.08 Å². The number of rotatable bonds is 8. The fraction of sp³-hybridized carbons (Fsp3) is 0.174. The van der Waals surface area contributed by atoms with Gasteiger partial charge in [0.15, 0.2) is 11.5 Å². The number of carbonyl (C=O) groups excluding carboxylic acids is 1. The fourth-order valence-electron chi connectivity index (χ4n) is 2.73. The molecule has 0 aliphatic heterocycles. The van der Waals surface area contributed by atoms with Crippen LogP contribution < -0.4 is 14.8 Å². The number of hydrogen-bond acceptors (Lipinski definition) is 8. The summed E-state index contributed by atoms with van der Waals surface area (Å²) in [4.78, 5) is 12.4. The van der Waals surface area contributed by atoms with Crippen LogP contribution in [0.3, 0.4) is 0 Å². The Morgan fingerprint density at radius 3 is 2.69 bits per heavy atom. The summed E-state index contributed by atoms with van der Waals surface area (Å²) in [6.45, 7) is 2.14. The number of nitriles is 2. The third-order valence-corrected chi connectivity index (χ3v) is 5.36. The number of aryl methyl sites for hydroxylation is 1. The molecule has 3 aromatic rings. The predicted octanol–water partition coefficient (Wildman–Crippen LogP) is 4.11. The molecule has 0 spiro atoms. The Morgan fingerprint density at radius 1 is 1.19 bits per heavy atom. The molecule has 0 saturated carbocycles. The molecule has 3 rings (SSSR count). The summed E-state index contributed by atoms with van der Waals surface area (Å²) in [6.07, 6.45) is 2.17. The van der Waals surface area contributed by atoms with Gasteiger partial charge in [-0.05, 0) is 36.3 Å². The van der Waals surface area contributed by atoms with Crippen LogP contribution in [0, 0.1) is 22.7 Å². The average Bonchev–Trinajstić information content (AvgIpc) is 3.28. The average molecular weight is 446 g/mol. The highest BCUT2D eigenvalue weighted by Gasteiger charge is 2.14. The van der Waals surface area contributed by atoms with Gasteiger partial charge >= 0.3 is 0 Å². The smallest absolute Gasteiger partial charge is 0.268 e. The summed E-state index contributed by atoms with van der Waals surface area (Å²) in [5.74, 6) is 0.336. The molecule has 0 saturated heterocycles. The van der Waals surface area contributed by atoms with Crippen molar-refractivity contribution in [2.45, 2.75) is 20.0 Å². The number of methoxy groups -OCH3 is 1. The molecule has 160 valence electrons. The van der Waals surface area contributed by atoms with Gasteiger partial charge < -0.3 is 9.47 Å². The first-order valence-corrected chi connectivity index (χ1v) is 10.4. The third-order valence-electron chi connectivity index (χ3n) is 4.37. The van der Waals surface area contributed by atoms with Crippen LogP contribution in [0.1, 0.15) is 28.6 Å². The van der Waals surface area contributed by atoms with Crippen molar-refractivity contribution in [3.63, 3.8) is 0 Å². The molecule has 9 heteroatoms. The van der Waals surface area contributed by atoms with Crippen molar-refractivity contribution in [3.05, 3.63) is 69.7 Å². The molecule has 0 unspecified atom stereocenters. The van der Waals surface area contributed by atoms with E-state index in [2.05, 4.69) is 21.6 Å². The summed E-state index contributed by atoms with van der Waals surface area (Å²) in [7, 11) is 1.50. The van der Waals surface area contributed by atoms with Crippen molar-refractivity contribution in [3.8, 4) is 23.6 Å². The first-order valence-electron chi connectivity index (χ1n) is 9.62. The van der Waals surface area contributed by atoms with Crippen LogP contribution in [0.5, 0.6) is 11.5 Å². The SMILES string of the molecule is CCc1nnc(NC(=O)C(C#N)=Cc2ccc(OCc3ccccc3C#N)c(OC)c2)s1. The van der Waals surface area contributed by atoms with Crippen molar-refractivity contribution in [2.75, 3.05) is 12.4 Å². The maximum Gasteiger partial charge on any atom is 0.268 e. The second-order valence-electron chi connectivity index (χ2n) is 6.45. The van der Waals surface area contributed by atoms with E-state index in [-0.39, 0.29) is 12.2 Å². The lowest BCUT2D eigenvalue weighted by atomic mass is 10.1. The Balaban J connectivity index is 1.76. The summed E-state index contributed by atoms with van der Waals surface area (Å²) < 4.78 is 11.2. The van der Waals surface area contributed by atoms with Gasteiger partial charge in [0.25, 0.3) is 5.91 Å². The van der Waals surface area contributed by atoms with E-state index in [0.29, 0.717) is 34.2 Å². The molecule has 32 heavy (non-hydrogen) atoms. The lowest BCUT2D eigenvalue weighted by Crippen LogP contribution is -2.13. The van der Waals surface area contributed by atoms with E-state index >= 15 is 0 Å². The van der Waals surface area contributed by atoms with Gasteiger partial charge in [-0.1, -0.05) is 42.5 Å². The first kappa shape index (κ1) is 22.5. The van der Waals surface area contributed by atoms with Crippen LogP contribution in [-0.4, -0.2) is 23.2 Å². The van der Waals surface area contributed by atoms with Crippen LogP contribution in [0.15, 0.2) is 48.0 Å². The number of nitrogens with one attached hydrogen (secondary N) is 1. The molecule has 0 radical (unpaired) electrons. The van der Waals surface area contributed by atoms with Gasteiger partial charge in [-0.3, -0.25) is 10.1 Å². The summed E-state index contributed by atoms with van der Waals surface area (Å²) in [6, 6.07) is 16.3. The molecule has 0 bridgehead atoms. The van der Waals surface area contributed by atoms with Crippen molar-refractivity contribution in [2.24, 2.45) is 0 Å². The molecule has 0 fully saturated rings. The second kappa shape index (κ2) is 10.7. The van der Waals surface area contributed by atoms with Gasteiger partial charge in [0.2, 0.25) is 5.13 Å². The van der Waals surface area contributed by atoms with Gasteiger partial charge in [0.1, 0.15) is 23.3 Å². The molecule has 0 aliphatic rings. The van der Waals surface area contributed by atoms with Crippen molar-refractivity contribution >= 4 is 28.5 Å². The number of aromatic nitrogens is 2. The number of amides is 1. The fourth-order valence-corrected chi connectivity index (χ4v) is 3.41. The Labute approximate surface area is 189 Å². The standard InChI is InChI=1S/C23H19N5O3S/c1-3-21-27-28-23(32-21)26-22(29)18(13-25)10-15-8-9-19(20(11-15)30-2)31-14-17-7-5-4-6-16(17)12-24/h4-11H,3,14H2,1-2H3,(H,26,28,29). The van der Waals surface area contributed by atoms with Crippen molar-refractivity contribution < 1.29 is 14.3 Å². The maximum atomic E-state index is 12.4. The third kappa shape index (κ3) is 5.48. The highest BCUT2D eigenvalue weighted by Crippen LogP contribution is 2.30. The molecular weight excluding hydrogens is 426 g/mol. The highest BCUT2D eigenvalue weighted by molar-refractivity contribution is 7.15. The highest BCUT2D eigenvalue weighted by atomic mass is 32.1. The molecule has 0 aliphatic carbocycles. The van der Waals surface area contributed by atoms with Crippen molar-refractivity contribution in [1.29, 1.82) is 10.5 Å². The summed E-state index contributed by atoms with van der Waals surface area (Å²) >= 11 is 1.26. The maximum absolute atomic E-state index is 12.4. The normalized spacial score (nSPS) is 10.7. The summed E-state index contributed by atoms with van der Waals surface area (Å²) in [5.41, 5.74) is 1.80. The van der Waals surface area contributed by atoms with Crippen LogP contribution in [-0.2, 0) is 17.8 Å². The van der Waals surface area contributed by atoms with E-state index in [4.69, 9.17) is 9.47 Å².